The first-order valence-electron chi connectivity index (χ1n) is 8.44. The molecule has 2 aromatic carbocycles. The zero-order valence-electron chi connectivity index (χ0n) is 14.8. The lowest BCUT2D eigenvalue weighted by atomic mass is 10.0. The summed E-state index contributed by atoms with van der Waals surface area (Å²) in [5, 5.41) is 3.04. The summed E-state index contributed by atoms with van der Waals surface area (Å²) in [6.07, 6.45) is 0.969. The molecule has 3 aromatic rings. The largest absolute Gasteiger partial charge is 0.496 e. The van der Waals surface area contributed by atoms with Crippen molar-refractivity contribution in [3.8, 4) is 5.75 Å². The fourth-order valence-electron chi connectivity index (χ4n) is 2.94. The first kappa shape index (κ1) is 17.0. The molecule has 0 radical (unpaired) electrons. The zero-order valence-corrected chi connectivity index (χ0v) is 14.8. The van der Waals surface area contributed by atoms with Gasteiger partial charge < -0.3 is 15.0 Å². The van der Waals surface area contributed by atoms with Gasteiger partial charge in [0.2, 0.25) is 5.91 Å². The summed E-state index contributed by atoms with van der Waals surface area (Å²) in [7, 11) is 1.64. The monoisotopic (exact) mass is 337 g/mol. The minimum Gasteiger partial charge on any atom is -0.496 e. The van der Waals surface area contributed by atoms with Crippen LogP contribution in [0.1, 0.15) is 36.3 Å². The van der Waals surface area contributed by atoms with Gasteiger partial charge in [-0.25, -0.2) is 4.98 Å². The Labute approximate surface area is 147 Å². The van der Waals surface area contributed by atoms with Crippen LogP contribution >= 0.6 is 0 Å². The number of carbonyl (C=O) groups excluding carboxylic acids is 1. The number of H-pyrrole nitrogens is 1. The van der Waals surface area contributed by atoms with E-state index >= 15 is 0 Å². The quantitative estimate of drug-likeness (QED) is 0.721. The van der Waals surface area contributed by atoms with E-state index in [1.807, 2.05) is 56.3 Å². The Hall–Kier alpha value is -2.82. The summed E-state index contributed by atoms with van der Waals surface area (Å²) >= 11 is 0. The molecule has 1 aromatic heterocycles. The molecule has 3 rings (SSSR count). The van der Waals surface area contributed by atoms with E-state index in [0.29, 0.717) is 12.8 Å². The Morgan fingerprint density at radius 1 is 1.28 bits per heavy atom. The first-order chi connectivity index (χ1) is 12.1. The maximum absolute atomic E-state index is 12.3. The summed E-state index contributed by atoms with van der Waals surface area (Å²) in [5.41, 5.74) is 4.05. The van der Waals surface area contributed by atoms with E-state index in [4.69, 9.17) is 4.74 Å². The van der Waals surface area contributed by atoms with Crippen LogP contribution in [0, 0.1) is 6.92 Å². The number of para-hydroxylation sites is 2. The third kappa shape index (κ3) is 3.99. The van der Waals surface area contributed by atoms with Crippen molar-refractivity contribution in [2.75, 3.05) is 7.11 Å². The molecule has 0 aliphatic rings. The molecular weight excluding hydrogens is 314 g/mol. The minimum absolute atomic E-state index is 0.00323. The molecule has 1 atom stereocenters. The van der Waals surface area contributed by atoms with Gasteiger partial charge >= 0.3 is 0 Å². The molecule has 5 heteroatoms. The van der Waals surface area contributed by atoms with Gasteiger partial charge in [0.15, 0.2) is 0 Å². The predicted octanol–water partition coefficient (Wildman–Crippen LogP) is 3.69. The summed E-state index contributed by atoms with van der Waals surface area (Å²) < 4.78 is 5.40. The maximum atomic E-state index is 12.3. The summed E-state index contributed by atoms with van der Waals surface area (Å²) in [4.78, 5) is 20.1. The average molecular weight is 337 g/mol. The number of nitrogens with zero attached hydrogens (tertiary/aromatic N) is 1. The molecule has 1 heterocycles. The van der Waals surface area contributed by atoms with Crippen molar-refractivity contribution in [3.63, 3.8) is 0 Å². The van der Waals surface area contributed by atoms with Crippen molar-refractivity contribution in [3.05, 3.63) is 59.4 Å². The van der Waals surface area contributed by atoms with Gasteiger partial charge in [0, 0.05) is 18.4 Å². The highest BCUT2D eigenvalue weighted by molar-refractivity contribution is 5.77. The normalized spacial score (nSPS) is 12.1. The van der Waals surface area contributed by atoms with Crippen molar-refractivity contribution in [1.29, 1.82) is 0 Å². The third-order valence-corrected chi connectivity index (χ3v) is 4.26. The van der Waals surface area contributed by atoms with Crippen LogP contribution in [-0.4, -0.2) is 23.0 Å². The van der Waals surface area contributed by atoms with Gasteiger partial charge in [0.1, 0.15) is 11.6 Å². The number of rotatable bonds is 6. The SMILES string of the molecule is COc1ccc(C)cc1C(C)NC(=O)CCc1nc2ccccc2[nH]1. The van der Waals surface area contributed by atoms with E-state index in [2.05, 4.69) is 15.3 Å². The number of ether oxygens (including phenoxy) is 1. The number of aryl methyl sites for hydroxylation is 2. The first-order valence-corrected chi connectivity index (χ1v) is 8.44. The molecule has 1 unspecified atom stereocenters. The average Bonchev–Trinajstić information content (AvgIpc) is 3.03. The van der Waals surface area contributed by atoms with E-state index in [1.54, 1.807) is 7.11 Å². The van der Waals surface area contributed by atoms with Gasteiger partial charge in [-0.1, -0.05) is 29.8 Å². The van der Waals surface area contributed by atoms with E-state index in [1.165, 1.54) is 0 Å². The smallest absolute Gasteiger partial charge is 0.220 e. The second-order valence-corrected chi connectivity index (χ2v) is 6.24. The van der Waals surface area contributed by atoms with Gasteiger partial charge in [0.05, 0.1) is 24.2 Å². The van der Waals surface area contributed by atoms with Gasteiger partial charge in [-0.2, -0.15) is 0 Å². The standard InChI is InChI=1S/C20H23N3O2/c1-13-8-9-18(25-3)15(12-13)14(2)21-20(24)11-10-19-22-16-6-4-5-7-17(16)23-19/h4-9,12,14H,10-11H2,1-3H3,(H,21,24)(H,22,23). The Bertz CT molecular complexity index is 853. The van der Waals surface area contributed by atoms with Crippen LogP contribution < -0.4 is 10.1 Å². The molecule has 1 amide bonds. The van der Waals surface area contributed by atoms with E-state index in [-0.39, 0.29) is 11.9 Å². The lowest BCUT2D eigenvalue weighted by Crippen LogP contribution is -2.27. The molecule has 0 saturated carbocycles. The van der Waals surface area contributed by atoms with Crippen LogP contribution in [0.25, 0.3) is 11.0 Å². The molecule has 0 bridgehead atoms. The van der Waals surface area contributed by atoms with Crippen molar-refractivity contribution >= 4 is 16.9 Å². The van der Waals surface area contributed by atoms with Gasteiger partial charge in [-0.3, -0.25) is 4.79 Å². The molecule has 130 valence electrons. The number of methoxy groups -OCH3 is 1. The van der Waals surface area contributed by atoms with E-state index < -0.39 is 0 Å². The fourth-order valence-corrected chi connectivity index (χ4v) is 2.94. The van der Waals surface area contributed by atoms with Gasteiger partial charge in [-0.05, 0) is 32.0 Å². The Kier molecular flexibility index (Phi) is 5.03. The molecule has 0 saturated heterocycles. The van der Waals surface area contributed by atoms with Gasteiger partial charge in [-0.15, -0.1) is 0 Å². The molecule has 0 aliphatic carbocycles. The van der Waals surface area contributed by atoms with Crippen LogP contribution in [0.2, 0.25) is 0 Å². The lowest BCUT2D eigenvalue weighted by Gasteiger charge is -2.18. The Morgan fingerprint density at radius 3 is 2.84 bits per heavy atom. The maximum Gasteiger partial charge on any atom is 0.220 e. The van der Waals surface area contributed by atoms with Crippen molar-refractivity contribution in [2.45, 2.75) is 32.7 Å². The number of hydrogen-bond acceptors (Lipinski definition) is 3. The summed E-state index contributed by atoms with van der Waals surface area (Å²) in [6.45, 7) is 4.00. The highest BCUT2D eigenvalue weighted by Gasteiger charge is 2.15. The number of benzene rings is 2. The fraction of sp³-hybridized carbons (Fsp3) is 0.300. The number of nitrogens with one attached hydrogen (secondary N) is 2. The van der Waals surface area contributed by atoms with Crippen LogP contribution in [0.4, 0.5) is 0 Å². The van der Waals surface area contributed by atoms with Crippen LogP contribution in [-0.2, 0) is 11.2 Å². The molecule has 25 heavy (non-hydrogen) atoms. The molecule has 0 aliphatic heterocycles. The van der Waals surface area contributed by atoms with Crippen LogP contribution in [0.15, 0.2) is 42.5 Å². The summed E-state index contributed by atoms with van der Waals surface area (Å²) in [6, 6.07) is 13.7. The third-order valence-electron chi connectivity index (χ3n) is 4.26. The number of imidazole rings is 1. The lowest BCUT2D eigenvalue weighted by molar-refractivity contribution is -0.121. The van der Waals surface area contributed by atoms with Crippen molar-refractivity contribution < 1.29 is 9.53 Å². The minimum atomic E-state index is -0.113. The highest BCUT2D eigenvalue weighted by Crippen LogP contribution is 2.26. The predicted molar refractivity (Wildman–Crippen MR) is 98.7 cm³/mol. The number of carbonyl (C=O) groups is 1. The number of amides is 1. The Morgan fingerprint density at radius 2 is 2.08 bits per heavy atom. The molecule has 0 spiro atoms. The number of hydrogen-bond donors (Lipinski definition) is 2. The molecule has 2 N–H and O–H groups in total. The number of fused-ring (bicyclic) bond motifs is 1. The van der Waals surface area contributed by atoms with Crippen LogP contribution in [0.3, 0.4) is 0 Å². The second kappa shape index (κ2) is 7.38. The highest BCUT2D eigenvalue weighted by atomic mass is 16.5. The van der Waals surface area contributed by atoms with Crippen molar-refractivity contribution in [1.82, 2.24) is 15.3 Å². The molecule has 5 nitrogen and oxygen atoms in total. The second-order valence-electron chi connectivity index (χ2n) is 6.24. The number of aromatic amines is 1. The van der Waals surface area contributed by atoms with E-state index in [0.717, 1.165) is 33.7 Å². The molecule has 0 fully saturated rings. The Balaban J connectivity index is 1.61. The van der Waals surface area contributed by atoms with Gasteiger partial charge in [0.25, 0.3) is 0 Å². The zero-order chi connectivity index (χ0) is 17.8. The van der Waals surface area contributed by atoms with Crippen molar-refractivity contribution in [2.24, 2.45) is 0 Å². The number of aromatic nitrogens is 2. The summed E-state index contributed by atoms with van der Waals surface area (Å²) in [5.74, 6) is 1.62. The van der Waals surface area contributed by atoms with E-state index in [9.17, 15) is 4.79 Å². The molecular formula is C20H23N3O2. The topological polar surface area (TPSA) is 67.0 Å². The van der Waals surface area contributed by atoms with Crippen LogP contribution in [0.5, 0.6) is 5.75 Å².